The van der Waals surface area contributed by atoms with E-state index in [0.29, 0.717) is 17.5 Å². The average molecular weight is 744 g/mol. The number of hydrogen-bond donors (Lipinski definition) is 0. The Balaban J connectivity index is 1.14. The van der Waals surface area contributed by atoms with Gasteiger partial charge in [0.2, 0.25) is 0 Å². The molecule has 0 aliphatic carbocycles. The third-order valence-corrected chi connectivity index (χ3v) is 12.1. The minimum atomic E-state index is 0.633. The maximum absolute atomic E-state index is 5.35. The molecule has 11 rings (SSSR count). The van der Waals surface area contributed by atoms with Gasteiger partial charge in [0.1, 0.15) is 0 Å². The minimum Gasteiger partial charge on any atom is -0.208 e. The molecule has 0 saturated carbocycles. The molecular weight excluding hydrogens is 711 g/mol. The molecule has 9 aromatic carbocycles. The molecule has 0 aliphatic rings. The second kappa shape index (κ2) is 13.8. The summed E-state index contributed by atoms with van der Waals surface area (Å²) in [6.07, 6.45) is 0. The fourth-order valence-corrected chi connectivity index (χ4v) is 9.37. The Kier molecular flexibility index (Phi) is 8.01. The lowest BCUT2D eigenvalue weighted by Gasteiger charge is -2.16. The van der Waals surface area contributed by atoms with Crippen LogP contribution in [-0.2, 0) is 0 Å². The van der Waals surface area contributed by atoms with Crippen molar-refractivity contribution in [2.24, 2.45) is 0 Å². The van der Waals surface area contributed by atoms with Crippen molar-refractivity contribution in [3.8, 4) is 67.5 Å². The fourth-order valence-electron chi connectivity index (χ4n) is 8.29. The molecule has 266 valence electrons. The monoisotopic (exact) mass is 743 g/mol. The standard InChI is InChI=1S/C53H33N3S/c1-3-15-34(16-4-1)37-19-7-12-25-45(37)51-54-52(46-30-28-38(35-17-5-2-6-18-35)40-20-8-10-22-42(40)46)56-53(55-51)47-31-29-39(41-21-9-11-23-43(41)47)36-27-32-50-48(33-36)44-24-13-14-26-49(44)57-50/h1-33H. The highest BCUT2D eigenvalue weighted by Crippen LogP contribution is 2.41. The number of aromatic nitrogens is 3. The fraction of sp³-hybridized carbons (Fsp3) is 0. The molecule has 0 atom stereocenters. The van der Waals surface area contributed by atoms with Crippen molar-refractivity contribution in [1.82, 2.24) is 15.0 Å². The summed E-state index contributed by atoms with van der Waals surface area (Å²) in [6, 6.07) is 71.0. The lowest BCUT2D eigenvalue weighted by atomic mass is 9.93. The van der Waals surface area contributed by atoms with Gasteiger partial charge in [0.15, 0.2) is 17.5 Å². The maximum atomic E-state index is 5.35. The summed E-state index contributed by atoms with van der Waals surface area (Å²) >= 11 is 1.84. The van der Waals surface area contributed by atoms with E-state index < -0.39 is 0 Å². The zero-order valence-corrected chi connectivity index (χ0v) is 31.6. The summed E-state index contributed by atoms with van der Waals surface area (Å²) in [6.45, 7) is 0. The highest BCUT2D eigenvalue weighted by atomic mass is 32.1. The molecule has 0 unspecified atom stereocenters. The van der Waals surface area contributed by atoms with E-state index in [1.54, 1.807) is 0 Å². The molecule has 0 bridgehead atoms. The van der Waals surface area contributed by atoms with Gasteiger partial charge in [-0.25, -0.2) is 15.0 Å². The predicted molar refractivity (Wildman–Crippen MR) is 240 cm³/mol. The number of benzene rings is 9. The first-order valence-electron chi connectivity index (χ1n) is 19.2. The zero-order valence-electron chi connectivity index (χ0n) is 30.8. The Morgan fingerprint density at radius 1 is 0.246 bits per heavy atom. The second-order valence-electron chi connectivity index (χ2n) is 14.3. The largest absolute Gasteiger partial charge is 0.208 e. The SMILES string of the molecule is c1ccc(-c2ccccc2-c2nc(-c3ccc(-c4ccccc4)c4ccccc34)nc(-c3ccc(-c4ccc5sc6ccccc6c5c4)c4ccccc34)n2)cc1. The Hall–Kier alpha value is -7.27. The van der Waals surface area contributed by atoms with Gasteiger partial charge in [-0.05, 0) is 85.3 Å². The molecule has 2 heterocycles. The van der Waals surface area contributed by atoms with Crippen LogP contribution in [0.25, 0.3) is 109 Å². The molecule has 0 radical (unpaired) electrons. The predicted octanol–water partition coefficient (Wildman–Crippen LogP) is 14.5. The highest BCUT2D eigenvalue weighted by Gasteiger charge is 2.20. The maximum Gasteiger partial charge on any atom is 0.164 e. The van der Waals surface area contributed by atoms with Gasteiger partial charge in [-0.2, -0.15) is 0 Å². The Morgan fingerprint density at radius 3 is 1.25 bits per heavy atom. The first kappa shape index (κ1) is 33.1. The summed E-state index contributed by atoms with van der Waals surface area (Å²) in [5.41, 5.74) is 9.78. The van der Waals surface area contributed by atoms with Crippen LogP contribution in [0.15, 0.2) is 200 Å². The van der Waals surface area contributed by atoms with Gasteiger partial charge in [0.05, 0.1) is 0 Å². The molecule has 57 heavy (non-hydrogen) atoms. The molecule has 0 saturated heterocycles. The van der Waals surface area contributed by atoms with Crippen molar-refractivity contribution >= 4 is 53.1 Å². The normalized spacial score (nSPS) is 11.5. The summed E-state index contributed by atoms with van der Waals surface area (Å²) in [5.74, 6) is 1.90. The molecule has 0 amide bonds. The summed E-state index contributed by atoms with van der Waals surface area (Å²) < 4.78 is 2.61. The van der Waals surface area contributed by atoms with Crippen LogP contribution in [0.3, 0.4) is 0 Å². The van der Waals surface area contributed by atoms with Crippen LogP contribution < -0.4 is 0 Å². The Labute approximate surface area is 334 Å². The summed E-state index contributed by atoms with van der Waals surface area (Å²) in [4.78, 5) is 16.0. The summed E-state index contributed by atoms with van der Waals surface area (Å²) in [7, 11) is 0. The number of hydrogen-bond acceptors (Lipinski definition) is 4. The number of nitrogens with zero attached hydrogens (tertiary/aromatic N) is 3. The average Bonchev–Trinajstić information content (AvgIpc) is 3.67. The Morgan fingerprint density at radius 2 is 0.649 bits per heavy atom. The van der Waals surface area contributed by atoms with E-state index in [1.165, 1.54) is 42.4 Å². The van der Waals surface area contributed by atoms with E-state index in [1.807, 2.05) is 17.4 Å². The van der Waals surface area contributed by atoms with Gasteiger partial charge in [-0.3, -0.25) is 0 Å². The zero-order chi connectivity index (χ0) is 37.7. The third-order valence-electron chi connectivity index (χ3n) is 11.0. The second-order valence-corrected chi connectivity index (χ2v) is 15.4. The molecule has 3 nitrogen and oxygen atoms in total. The lowest BCUT2D eigenvalue weighted by Crippen LogP contribution is -2.02. The molecule has 0 N–H and O–H groups in total. The summed E-state index contributed by atoms with van der Waals surface area (Å²) in [5, 5.41) is 7.07. The van der Waals surface area contributed by atoms with Crippen LogP contribution in [0.4, 0.5) is 0 Å². The smallest absolute Gasteiger partial charge is 0.164 e. The van der Waals surface area contributed by atoms with Crippen LogP contribution in [-0.4, -0.2) is 15.0 Å². The van der Waals surface area contributed by atoms with Crippen LogP contribution >= 0.6 is 11.3 Å². The van der Waals surface area contributed by atoms with Gasteiger partial charge in [-0.1, -0.05) is 170 Å². The van der Waals surface area contributed by atoms with Gasteiger partial charge in [-0.15, -0.1) is 11.3 Å². The highest BCUT2D eigenvalue weighted by molar-refractivity contribution is 7.25. The van der Waals surface area contributed by atoms with E-state index >= 15 is 0 Å². The van der Waals surface area contributed by atoms with Gasteiger partial charge in [0, 0.05) is 36.9 Å². The number of fused-ring (bicyclic) bond motifs is 5. The van der Waals surface area contributed by atoms with Crippen molar-refractivity contribution in [2.45, 2.75) is 0 Å². The molecule has 0 fully saturated rings. The van der Waals surface area contributed by atoms with E-state index in [9.17, 15) is 0 Å². The van der Waals surface area contributed by atoms with E-state index in [4.69, 9.17) is 15.0 Å². The number of thiophene rings is 1. The van der Waals surface area contributed by atoms with Crippen molar-refractivity contribution in [2.75, 3.05) is 0 Å². The number of rotatable bonds is 6. The van der Waals surface area contributed by atoms with Crippen molar-refractivity contribution in [1.29, 1.82) is 0 Å². The quantitative estimate of drug-likeness (QED) is 0.170. The minimum absolute atomic E-state index is 0.633. The first-order valence-corrected chi connectivity index (χ1v) is 20.0. The van der Waals surface area contributed by atoms with Crippen molar-refractivity contribution < 1.29 is 0 Å². The van der Waals surface area contributed by atoms with Crippen molar-refractivity contribution in [3.63, 3.8) is 0 Å². The van der Waals surface area contributed by atoms with Gasteiger partial charge in [0.25, 0.3) is 0 Å². The molecule has 11 aromatic rings. The molecule has 0 spiro atoms. The van der Waals surface area contributed by atoms with Gasteiger partial charge >= 0.3 is 0 Å². The lowest BCUT2D eigenvalue weighted by molar-refractivity contribution is 1.08. The van der Waals surface area contributed by atoms with E-state index in [0.717, 1.165) is 49.4 Å². The first-order chi connectivity index (χ1) is 28.3. The van der Waals surface area contributed by atoms with Crippen LogP contribution in [0.2, 0.25) is 0 Å². The molecular formula is C53H33N3S. The van der Waals surface area contributed by atoms with Gasteiger partial charge < -0.3 is 0 Å². The Bertz CT molecular complexity index is 3300. The molecule has 0 aliphatic heterocycles. The van der Waals surface area contributed by atoms with Crippen LogP contribution in [0, 0.1) is 0 Å². The van der Waals surface area contributed by atoms with Crippen LogP contribution in [0.1, 0.15) is 0 Å². The van der Waals surface area contributed by atoms with E-state index in [-0.39, 0.29) is 0 Å². The van der Waals surface area contributed by atoms with Crippen molar-refractivity contribution in [3.05, 3.63) is 200 Å². The molecule has 2 aromatic heterocycles. The topological polar surface area (TPSA) is 38.7 Å². The van der Waals surface area contributed by atoms with E-state index in [2.05, 4.69) is 194 Å². The molecule has 4 heteroatoms. The van der Waals surface area contributed by atoms with Crippen LogP contribution in [0.5, 0.6) is 0 Å². The third kappa shape index (κ3) is 5.78.